The van der Waals surface area contributed by atoms with Gasteiger partial charge >= 0.3 is 0 Å². The molecule has 6 aromatic carbocycles. The van der Waals surface area contributed by atoms with Gasteiger partial charge in [0.2, 0.25) is 0 Å². The molecule has 0 atom stereocenters. The third-order valence-electron chi connectivity index (χ3n) is 9.82. The molecule has 0 spiro atoms. The minimum atomic E-state index is 0.617. The number of allylic oxidation sites excluding steroid dienone is 2. The Morgan fingerprint density at radius 3 is 1.40 bits per heavy atom. The number of hydrogen-bond donors (Lipinski definition) is 0. The smallest absolute Gasteiger partial charge is 0.164 e. The van der Waals surface area contributed by atoms with Crippen LogP contribution in [0.3, 0.4) is 0 Å². The molecule has 0 bridgehead atoms. The van der Waals surface area contributed by atoms with E-state index in [4.69, 9.17) is 15.0 Å². The van der Waals surface area contributed by atoms with Crippen LogP contribution in [-0.4, -0.2) is 19.9 Å². The van der Waals surface area contributed by atoms with Crippen LogP contribution in [0.15, 0.2) is 146 Å². The molecule has 2 aromatic heterocycles. The predicted molar refractivity (Wildman–Crippen MR) is 264 cm³/mol. The lowest BCUT2D eigenvalue weighted by Gasteiger charge is -2.17. The van der Waals surface area contributed by atoms with Crippen molar-refractivity contribution in [3.05, 3.63) is 168 Å². The number of hydrogen-bond acceptors (Lipinski definition) is 4. The zero-order valence-electron chi connectivity index (χ0n) is 37.8. The summed E-state index contributed by atoms with van der Waals surface area (Å²) in [6.45, 7) is 24.6. The summed E-state index contributed by atoms with van der Waals surface area (Å²) < 4.78 is 0. The van der Waals surface area contributed by atoms with Gasteiger partial charge in [-0.2, -0.15) is 0 Å². The summed E-state index contributed by atoms with van der Waals surface area (Å²) in [6.07, 6.45) is 10.6. The lowest BCUT2D eigenvalue weighted by molar-refractivity contribution is 1.07. The van der Waals surface area contributed by atoms with Gasteiger partial charge in [-0.15, -0.1) is 0 Å². The van der Waals surface area contributed by atoms with Crippen LogP contribution in [0.1, 0.15) is 91.5 Å². The summed E-state index contributed by atoms with van der Waals surface area (Å²) in [5, 5.41) is 3.56. The average molecular weight is 791 g/mol. The van der Waals surface area contributed by atoms with E-state index in [-0.39, 0.29) is 0 Å². The molecule has 4 nitrogen and oxygen atoms in total. The second-order valence-electron chi connectivity index (χ2n) is 13.1. The molecular weight excluding hydrogens is 729 g/mol. The van der Waals surface area contributed by atoms with Gasteiger partial charge in [0.25, 0.3) is 0 Å². The Morgan fingerprint density at radius 2 is 0.850 bits per heavy atom. The first-order valence-electron chi connectivity index (χ1n) is 21.7. The highest BCUT2D eigenvalue weighted by Gasteiger charge is 2.17. The number of nitrogens with zero attached hydrogens (tertiary/aromatic N) is 4. The molecule has 0 amide bonds. The first-order valence-corrected chi connectivity index (χ1v) is 21.7. The molecule has 0 saturated carbocycles. The first kappa shape index (κ1) is 46.2. The molecule has 4 heteroatoms. The second kappa shape index (κ2) is 23.2. The Hall–Kier alpha value is -6.52. The number of fused-ring (bicyclic) bond motifs is 2. The maximum Gasteiger partial charge on any atom is 0.164 e. The lowest BCUT2D eigenvalue weighted by Crippen LogP contribution is -2.00. The molecular formula is C56H62N4. The molecule has 0 N–H and O–H groups in total. The molecule has 0 unspecified atom stereocenters. The minimum Gasteiger partial charge on any atom is -0.256 e. The van der Waals surface area contributed by atoms with Gasteiger partial charge in [-0.1, -0.05) is 171 Å². The predicted octanol–water partition coefficient (Wildman–Crippen LogP) is 16.7. The van der Waals surface area contributed by atoms with Crippen LogP contribution in [0.25, 0.3) is 90.2 Å². The van der Waals surface area contributed by atoms with E-state index < -0.39 is 0 Å². The van der Waals surface area contributed by atoms with Crippen molar-refractivity contribution in [2.75, 3.05) is 0 Å². The first-order chi connectivity index (χ1) is 29.5. The third-order valence-corrected chi connectivity index (χ3v) is 9.82. The summed E-state index contributed by atoms with van der Waals surface area (Å²) in [5.41, 5.74) is 13.2. The van der Waals surface area contributed by atoms with E-state index >= 15 is 0 Å². The minimum absolute atomic E-state index is 0.617. The Balaban J connectivity index is 0.000000938. The Labute approximate surface area is 359 Å². The number of rotatable bonds is 7. The van der Waals surface area contributed by atoms with Crippen LogP contribution < -0.4 is 0 Å². The van der Waals surface area contributed by atoms with Crippen molar-refractivity contribution in [2.24, 2.45) is 0 Å². The molecule has 306 valence electrons. The third kappa shape index (κ3) is 10.2. The molecule has 0 radical (unpaired) electrons. The fourth-order valence-corrected chi connectivity index (χ4v) is 7.12. The van der Waals surface area contributed by atoms with Gasteiger partial charge in [-0.3, -0.25) is 4.98 Å². The fourth-order valence-electron chi connectivity index (χ4n) is 7.12. The zero-order chi connectivity index (χ0) is 43.6. The van der Waals surface area contributed by atoms with Crippen molar-refractivity contribution in [2.45, 2.75) is 83.1 Å². The van der Waals surface area contributed by atoms with Crippen molar-refractivity contribution in [1.29, 1.82) is 0 Å². The van der Waals surface area contributed by atoms with Crippen molar-refractivity contribution in [3.63, 3.8) is 0 Å². The van der Waals surface area contributed by atoms with E-state index in [2.05, 4.69) is 118 Å². The summed E-state index contributed by atoms with van der Waals surface area (Å²) in [4.78, 5) is 19.9. The van der Waals surface area contributed by atoms with E-state index in [1.54, 1.807) is 0 Å². The van der Waals surface area contributed by atoms with E-state index in [1.165, 1.54) is 33.0 Å². The normalized spacial score (nSPS) is 10.5. The molecule has 0 fully saturated rings. The lowest BCUT2D eigenvalue weighted by atomic mass is 9.87. The largest absolute Gasteiger partial charge is 0.256 e. The summed E-state index contributed by atoms with van der Waals surface area (Å²) in [5.74, 6) is 1.89. The second-order valence-corrected chi connectivity index (χ2v) is 13.1. The fraction of sp³-hybridized carbons (Fsp3) is 0.214. The topological polar surface area (TPSA) is 51.6 Å². The van der Waals surface area contributed by atoms with Gasteiger partial charge in [0, 0.05) is 28.3 Å². The van der Waals surface area contributed by atoms with Crippen LogP contribution in [0, 0.1) is 13.8 Å². The van der Waals surface area contributed by atoms with Crippen molar-refractivity contribution in [3.8, 4) is 56.4 Å². The molecule has 8 aromatic rings. The van der Waals surface area contributed by atoms with Gasteiger partial charge in [0.05, 0.1) is 5.52 Å². The van der Waals surface area contributed by atoms with Gasteiger partial charge in [0.15, 0.2) is 17.5 Å². The standard InChI is InChI=1S/C48H38N4.4C2H6/c1-5-15-39-31(3)32(4)40(16-6-2)44-30-35(23-24-42(39)44)36-27-37(41-25-26-49-45-22-14-13-21-43(41)45)29-38(28-36)48-51-46(33-17-9-7-10-18-33)50-47(52-48)34-19-11-8-12-20-34;4*1-2/h5-30H,1-4H3;4*1-2H3/b15-5-,16-6-;;;;. The molecule has 0 saturated heterocycles. The van der Waals surface area contributed by atoms with E-state index in [0.29, 0.717) is 17.5 Å². The number of aromatic nitrogens is 4. The average Bonchev–Trinajstić information content (AvgIpc) is 3.34. The molecule has 8 rings (SSSR count). The Kier molecular flexibility index (Phi) is 17.8. The van der Waals surface area contributed by atoms with Crippen molar-refractivity contribution in [1.82, 2.24) is 19.9 Å². The van der Waals surface area contributed by atoms with E-state index in [9.17, 15) is 0 Å². The highest BCUT2D eigenvalue weighted by Crippen LogP contribution is 2.39. The SMILES string of the molecule is C/C=C\c1c(C)c(C)c(/C=C\C)c2cc(-c3cc(-c4nc(-c5ccccc5)nc(-c5ccccc5)n4)cc(-c4ccnc5ccccc45)c3)ccc12.CC.CC.CC.CC. The van der Waals surface area contributed by atoms with Crippen LogP contribution in [0.4, 0.5) is 0 Å². The van der Waals surface area contributed by atoms with E-state index in [1.807, 2.05) is 128 Å². The molecule has 60 heavy (non-hydrogen) atoms. The van der Waals surface area contributed by atoms with Crippen LogP contribution in [0.5, 0.6) is 0 Å². The zero-order valence-corrected chi connectivity index (χ0v) is 37.8. The Bertz CT molecular complexity index is 2590. The van der Waals surface area contributed by atoms with Crippen LogP contribution in [-0.2, 0) is 0 Å². The number of para-hydroxylation sites is 1. The highest BCUT2D eigenvalue weighted by atomic mass is 15.0. The van der Waals surface area contributed by atoms with Gasteiger partial charge < -0.3 is 0 Å². The highest BCUT2D eigenvalue weighted by molar-refractivity contribution is 6.02. The van der Waals surface area contributed by atoms with Gasteiger partial charge in [0.1, 0.15) is 0 Å². The summed E-state index contributed by atoms with van der Waals surface area (Å²) in [7, 11) is 0. The molecule has 0 aliphatic heterocycles. The van der Waals surface area contributed by atoms with Crippen LogP contribution >= 0.6 is 0 Å². The molecule has 0 aliphatic carbocycles. The summed E-state index contributed by atoms with van der Waals surface area (Å²) >= 11 is 0. The van der Waals surface area contributed by atoms with Gasteiger partial charge in [-0.05, 0) is 119 Å². The Morgan fingerprint density at radius 1 is 0.383 bits per heavy atom. The maximum atomic E-state index is 5.12. The monoisotopic (exact) mass is 790 g/mol. The van der Waals surface area contributed by atoms with Crippen LogP contribution in [0.2, 0.25) is 0 Å². The summed E-state index contributed by atoms with van der Waals surface area (Å²) in [6, 6.07) is 44.2. The quantitative estimate of drug-likeness (QED) is 0.161. The van der Waals surface area contributed by atoms with E-state index in [0.717, 1.165) is 49.8 Å². The number of pyridine rings is 1. The molecule has 2 heterocycles. The maximum absolute atomic E-state index is 5.12. The van der Waals surface area contributed by atoms with Gasteiger partial charge in [-0.25, -0.2) is 15.0 Å². The molecule has 0 aliphatic rings. The van der Waals surface area contributed by atoms with Crippen molar-refractivity contribution >= 4 is 33.8 Å². The van der Waals surface area contributed by atoms with Crippen molar-refractivity contribution < 1.29 is 0 Å². The number of benzene rings is 6.